The third kappa shape index (κ3) is 2.69. The zero-order chi connectivity index (χ0) is 10.6. The molecule has 0 spiro atoms. The van der Waals surface area contributed by atoms with Crippen LogP contribution >= 0.6 is 0 Å². The normalized spacial score (nSPS) is 11.2. The highest BCUT2D eigenvalue weighted by Gasteiger charge is 2.02. The van der Waals surface area contributed by atoms with E-state index in [1.165, 1.54) is 0 Å². The maximum Gasteiger partial charge on any atom is 0.189 e. The molecule has 0 fully saturated rings. The van der Waals surface area contributed by atoms with Crippen molar-refractivity contribution in [3.63, 3.8) is 0 Å². The van der Waals surface area contributed by atoms with Crippen molar-refractivity contribution in [2.24, 2.45) is 0 Å². The molecule has 0 saturated carbocycles. The summed E-state index contributed by atoms with van der Waals surface area (Å²) in [5, 5.41) is 0. The minimum absolute atomic E-state index is 0.00991. The van der Waals surface area contributed by atoms with Crippen molar-refractivity contribution < 1.29 is 4.79 Å². The molecule has 0 amide bonds. The van der Waals surface area contributed by atoms with Gasteiger partial charge in [0, 0.05) is 43.8 Å². The fraction of sp³-hybridized carbons (Fsp3) is 0.273. The zero-order valence-electron chi connectivity index (χ0n) is 8.69. The van der Waals surface area contributed by atoms with E-state index >= 15 is 0 Å². The van der Waals surface area contributed by atoms with Gasteiger partial charge >= 0.3 is 0 Å². The minimum atomic E-state index is -0.00991. The van der Waals surface area contributed by atoms with Crippen LogP contribution in [0.25, 0.3) is 0 Å². The van der Waals surface area contributed by atoms with Crippen LogP contribution in [0.3, 0.4) is 0 Å². The molecule has 0 radical (unpaired) electrons. The number of nitrogens with zero attached hydrogens (tertiary/aromatic N) is 2. The first-order chi connectivity index (χ1) is 6.61. The molecular weight excluding hydrogens is 176 g/mol. The van der Waals surface area contributed by atoms with E-state index in [0.717, 1.165) is 5.70 Å². The highest BCUT2D eigenvalue weighted by molar-refractivity contribution is 6.04. The summed E-state index contributed by atoms with van der Waals surface area (Å²) in [6.07, 6.45) is 4.83. The van der Waals surface area contributed by atoms with Gasteiger partial charge in [-0.05, 0) is 19.1 Å². The molecule has 3 nitrogen and oxygen atoms in total. The van der Waals surface area contributed by atoms with Gasteiger partial charge < -0.3 is 4.90 Å². The molecular formula is C11H14N2O. The Labute approximate surface area is 84.1 Å². The molecule has 0 aromatic carbocycles. The van der Waals surface area contributed by atoms with Gasteiger partial charge in [0.25, 0.3) is 0 Å². The molecule has 74 valence electrons. The largest absolute Gasteiger partial charge is 0.381 e. The molecule has 0 N–H and O–H groups in total. The molecule has 1 rings (SSSR count). The third-order valence-electron chi connectivity index (χ3n) is 1.99. The van der Waals surface area contributed by atoms with E-state index in [-0.39, 0.29) is 5.78 Å². The number of hydrogen-bond acceptors (Lipinski definition) is 3. The standard InChI is InChI=1S/C11H14N2O/c1-9(13(2)3)7-11(14)10-5-4-6-12-8-10/h4-8H,1-3H3/b9-7-. The number of carbonyl (C=O) groups is 1. The van der Waals surface area contributed by atoms with Crippen molar-refractivity contribution in [2.75, 3.05) is 14.1 Å². The number of allylic oxidation sites excluding steroid dienone is 2. The number of pyridine rings is 1. The van der Waals surface area contributed by atoms with E-state index in [2.05, 4.69) is 4.98 Å². The van der Waals surface area contributed by atoms with E-state index in [1.54, 1.807) is 30.6 Å². The van der Waals surface area contributed by atoms with E-state index in [4.69, 9.17) is 0 Å². The van der Waals surface area contributed by atoms with Crippen molar-refractivity contribution >= 4 is 5.78 Å². The second-order valence-electron chi connectivity index (χ2n) is 3.29. The highest BCUT2D eigenvalue weighted by atomic mass is 16.1. The Kier molecular flexibility index (Phi) is 3.40. The summed E-state index contributed by atoms with van der Waals surface area (Å²) in [4.78, 5) is 17.4. The fourth-order valence-corrected chi connectivity index (χ4v) is 0.911. The number of hydrogen-bond donors (Lipinski definition) is 0. The van der Waals surface area contributed by atoms with Crippen LogP contribution in [0.2, 0.25) is 0 Å². The molecule has 1 aromatic heterocycles. The van der Waals surface area contributed by atoms with Crippen molar-refractivity contribution in [1.82, 2.24) is 9.88 Å². The summed E-state index contributed by atoms with van der Waals surface area (Å²) < 4.78 is 0. The van der Waals surface area contributed by atoms with E-state index < -0.39 is 0 Å². The molecule has 0 bridgehead atoms. The van der Waals surface area contributed by atoms with Crippen molar-refractivity contribution in [1.29, 1.82) is 0 Å². The summed E-state index contributed by atoms with van der Waals surface area (Å²) in [6, 6.07) is 3.51. The maximum atomic E-state index is 11.6. The second kappa shape index (κ2) is 4.56. The lowest BCUT2D eigenvalue weighted by molar-refractivity contribution is 0.104. The Morgan fingerprint density at radius 3 is 2.71 bits per heavy atom. The van der Waals surface area contributed by atoms with Crippen molar-refractivity contribution in [2.45, 2.75) is 6.92 Å². The lowest BCUT2D eigenvalue weighted by atomic mass is 10.1. The summed E-state index contributed by atoms with van der Waals surface area (Å²) in [5.74, 6) is -0.00991. The number of aromatic nitrogens is 1. The average molecular weight is 190 g/mol. The minimum Gasteiger partial charge on any atom is -0.381 e. The van der Waals surface area contributed by atoms with Crippen molar-refractivity contribution in [3.05, 3.63) is 41.9 Å². The summed E-state index contributed by atoms with van der Waals surface area (Å²) in [7, 11) is 3.81. The van der Waals surface area contributed by atoms with Gasteiger partial charge in [-0.3, -0.25) is 9.78 Å². The Morgan fingerprint density at radius 1 is 1.50 bits per heavy atom. The first-order valence-electron chi connectivity index (χ1n) is 4.41. The predicted molar refractivity (Wildman–Crippen MR) is 56.0 cm³/mol. The molecule has 0 unspecified atom stereocenters. The van der Waals surface area contributed by atoms with Gasteiger partial charge in [0.2, 0.25) is 0 Å². The summed E-state index contributed by atoms with van der Waals surface area (Å²) >= 11 is 0. The van der Waals surface area contributed by atoms with Crippen LogP contribution in [0.5, 0.6) is 0 Å². The smallest absolute Gasteiger partial charge is 0.189 e. The molecule has 1 aromatic rings. The number of rotatable bonds is 3. The summed E-state index contributed by atoms with van der Waals surface area (Å²) in [6.45, 7) is 1.90. The quantitative estimate of drug-likeness (QED) is 0.537. The van der Waals surface area contributed by atoms with Gasteiger partial charge in [-0.2, -0.15) is 0 Å². The first kappa shape index (κ1) is 10.4. The SMILES string of the molecule is C/C(=C/C(=O)c1cccnc1)N(C)C. The fourth-order valence-electron chi connectivity index (χ4n) is 0.911. The van der Waals surface area contributed by atoms with Gasteiger partial charge in [-0.15, -0.1) is 0 Å². The molecule has 0 aliphatic carbocycles. The van der Waals surface area contributed by atoms with Crippen LogP contribution in [0.4, 0.5) is 0 Å². The number of carbonyl (C=O) groups excluding carboxylic acids is 1. The maximum absolute atomic E-state index is 11.6. The predicted octanol–water partition coefficient (Wildman–Crippen LogP) is 1.73. The Morgan fingerprint density at radius 2 is 2.21 bits per heavy atom. The van der Waals surface area contributed by atoms with Crippen LogP contribution in [0, 0.1) is 0 Å². The van der Waals surface area contributed by atoms with Gasteiger partial charge in [0.15, 0.2) is 5.78 Å². The van der Waals surface area contributed by atoms with Crippen LogP contribution < -0.4 is 0 Å². The third-order valence-corrected chi connectivity index (χ3v) is 1.99. The van der Waals surface area contributed by atoms with Gasteiger partial charge in [0.05, 0.1) is 0 Å². The van der Waals surface area contributed by atoms with E-state index in [0.29, 0.717) is 5.56 Å². The zero-order valence-corrected chi connectivity index (χ0v) is 8.69. The van der Waals surface area contributed by atoms with Crippen LogP contribution in [-0.4, -0.2) is 29.8 Å². The monoisotopic (exact) mass is 190 g/mol. The molecule has 1 heterocycles. The average Bonchev–Trinajstić information content (AvgIpc) is 2.19. The lowest BCUT2D eigenvalue weighted by Crippen LogP contribution is -2.10. The van der Waals surface area contributed by atoms with Crippen LogP contribution in [0.15, 0.2) is 36.3 Å². The Hall–Kier alpha value is -1.64. The molecule has 14 heavy (non-hydrogen) atoms. The van der Waals surface area contributed by atoms with Crippen molar-refractivity contribution in [3.8, 4) is 0 Å². The van der Waals surface area contributed by atoms with Gasteiger partial charge in [0.1, 0.15) is 0 Å². The molecule has 0 saturated heterocycles. The molecule has 0 aliphatic rings. The Bertz CT molecular complexity index is 342. The van der Waals surface area contributed by atoms with E-state index in [9.17, 15) is 4.79 Å². The molecule has 3 heteroatoms. The summed E-state index contributed by atoms with van der Waals surface area (Å²) in [5.41, 5.74) is 1.55. The highest BCUT2D eigenvalue weighted by Crippen LogP contribution is 2.03. The van der Waals surface area contributed by atoms with Crippen LogP contribution in [0.1, 0.15) is 17.3 Å². The topological polar surface area (TPSA) is 33.2 Å². The number of ketones is 1. The molecule has 0 aliphatic heterocycles. The first-order valence-corrected chi connectivity index (χ1v) is 4.41. The van der Waals surface area contributed by atoms with E-state index in [1.807, 2.05) is 25.9 Å². The lowest BCUT2D eigenvalue weighted by Gasteiger charge is -2.11. The Balaban J connectivity index is 2.83. The van der Waals surface area contributed by atoms with Crippen LogP contribution in [-0.2, 0) is 0 Å². The van der Waals surface area contributed by atoms with Gasteiger partial charge in [-0.25, -0.2) is 0 Å². The second-order valence-corrected chi connectivity index (χ2v) is 3.29. The van der Waals surface area contributed by atoms with Gasteiger partial charge in [-0.1, -0.05) is 0 Å². The molecule has 0 atom stereocenters.